The lowest BCUT2D eigenvalue weighted by Crippen LogP contribution is -2.24. The van der Waals surface area contributed by atoms with Gasteiger partial charge in [0.15, 0.2) is 0 Å². The maximum Gasteiger partial charge on any atom is 0.253 e. The van der Waals surface area contributed by atoms with Crippen LogP contribution >= 0.6 is 0 Å². The third kappa shape index (κ3) is 4.35. The van der Waals surface area contributed by atoms with Crippen LogP contribution in [0.5, 0.6) is 0 Å². The molecule has 1 amide bonds. The van der Waals surface area contributed by atoms with E-state index in [0.717, 1.165) is 0 Å². The quantitative estimate of drug-likeness (QED) is 0.459. The minimum Gasteiger partial charge on any atom is -0.395 e. The van der Waals surface area contributed by atoms with Gasteiger partial charge in [-0.25, -0.2) is 18.4 Å². The fourth-order valence-electron chi connectivity index (χ4n) is 3.09. The molecule has 0 aliphatic heterocycles. The zero-order valence-electron chi connectivity index (χ0n) is 16.2. The molecule has 0 aliphatic carbocycles. The van der Waals surface area contributed by atoms with Crippen LogP contribution in [0.25, 0.3) is 16.8 Å². The van der Waals surface area contributed by atoms with Crippen molar-refractivity contribution in [1.82, 2.24) is 20.1 Å². The van der Waals surface area contributed by atoms with E-state index in [1.165, 1.54) is 36.5 Å². The summed E-state index contributed by atoms with van der Waals surface area (Å²) in [4.78, 5) is 16.2. The van der Waals surface area contributed by atoms with Crippen molar-refractivity contribution in [3.63, 3.8) is 0 Å². The van der Waals surface area contributed by atoms with Gasteiger partial charge in [-0.2, -0.15) is 5.10 Å². The number of halogens is 2. The lowest BCUT2D eigenvalue weighted by atomic mass is 10.1. The Morgan fingerprint density at radius 3 is 2.55 bits per heavy atom. The molecule has 5 N–H and O–H groups in total. The van der Waals surface area contributed by atoms with Gasteiger partial charge < -0.3 is 16.8 Å². The monoisotopic (exact) mass is 420 g/mol. The number of nitrogens with one attached hydrogen (secondary N) is 1. The van der Waals surface area contributed by atoms with Crippen LogP contribution in [0.2, 0.25) is 0 Å². The number of amides is 1. The highest BCUT2D eigenvalue weighted by Gasteiger charge is 2.13. The van der Waals surface area contributed by atoms with Crippen molar-refractivity contribution in [3.05, 3.63) is 89.9 Å². The number of carbonyl (C=O) groups excluding carboxylic acids is 1. The number of nitrogens with zero attached hydrogens (tertiary/aromatic N) is 3. The standard InChI is InChI=1S/C22H18F2N6O/c23-16-1-3-18(4-2-16)30-12-15(11-29-30)14-7-13(8-17(24)9-14)10-28-22(31)19-5-6-27-21(26)20(19)25/h1-9,11-12H,10,25H2,(H2,26,27)(H,28,31). The molecule has 0 spiro atoms. The van der Waals surface area contributed by atoms with Gasteiger partial charge in [-0.15, -0.1) is 0 Å². The molecule has 9 heteroatoms. The number of anilines is 2. The fourth-order valence-corrected chi connectivity index (χ4v) is 3.09. The molecule has 0 aliphatic rings. The molecule has 2 aromatic heterocycles. The van der Waals surface area contributed by atoms with Gasteiger partial charge in [0, 0.05) is 24.5 Å². The van der Waals surface area contributed by atoms with Gasteiger partial charge in [0.2, 0.25) is 0 Å². The third-order valence-corrected chi connectivity index (χ3v) is 4.68. The van der Waals surface area contributed by atoms with Crippen LogP contribution < -0.4 is 16.8 Å². The Labute approximate surface area is 176 Å². The molecule has 0 bridgehead atoms. The molecule has 31 heavy (non-hydrogen) atoms. The largest absolute Gasteiger partial charge is 0.395 e. The zero-order valence-corrected chi connectivity index (χ0v) is 16.2. The predicted octanol–water partition coefficient (Wildman–Crippen LogP) is 3.31. The molecule has 4 aromatic rings. The number of hydrogen-bond acceptors (Lipinski definition) is 5. The molecule has 2 aromatic carbocycles. The number of aromatic nitrogens is 3. The molecule has 0 saturated carbocycles. The molecule has 7 nitrogen and oxygen atoms in total. The molecule has 156 valence electrons. The molecular weight excluding hydrogens is 402 g/mol. The van der Waals surface area contributed by atoms with Crippen molar-refractivity contribution in [2.75, 3.05) is 11.5 Å². The lowest BCUT2D eigenvalue weighted by Gasteiger charge is -2.10. The van der Waals surface area contributed by atoms with Crippen molar-refractivity contribution in [2.24, 2.45) is 0 Å². The zero-order chi connectivity index (χ0) is 22.0. The van der Waals surface area contributed by atoms with Crippen LogP contribution in [0.4, 0.5) is 20.3 Å². The van der Waals surface area contributed by atoms with E-state index in [9.17, 15) is 13.6 Å². The van der Waals surface area contributed by atoms with E-state index in [1.54, 1.807) is 35.3 Å². The second-order valence-electron chi connectivity index (χ2n) is 6.84. The summed E-state index contributed by atoms with van der Waals surface area (Å²) >= 11 is 0. The first kappa shape index (κ1) is 20.0. The summed E-state index contributed by atoms with van der Waals surface area (Å²) in [6.07, 6.45) is 4.69. The number of benzene rings is 2. The molecule has 0 unspecified atom stereocenters. The molecular formula is C22H18F2N6O. The Morgan fingerprint density at radius 1 is 1.00 bits per heavy atom. The minimum absolute atomic E-state index is 0.0684. The van der Waals surface area contributed by atoms with Crippen molar-refractivity contribution in [1.29, 1.82) is 0 Å². The van der Waals surface area contributed by atoms with Gasteiger partial charge in [0.05, 0.1) is 23.1 Å². The summed E-state index contributed by atoms with van der Waals surface area (Å²) in [5.74, 6) is -1.17. The summed E-state index contributed by atoms with van der Waals surface area (Å²) in [6.45, 7) is 0.0807. The Balaban J connectivity index is 1.53. The Kier molecular flexibility index (Phi) is 5.31. The van der Waals surface area contributed by atoms with Gasteiger partial charge in [0.25, 0.3) is 5.91 Å². The van der Waals surface area contributed by atoms with Crippen LogP contribution in [-0.4, -0.2) is 20.7 Å². The van der Waals surface area contributed by atoms with Gasteiger partial charge in [0.1, 0.15) is 17.5 Å². The highest BCUT2D eigenvalue weighted by Crippen LogP contribution is 2.23. The Bertz CT molecular complexity index is 1250. The topological polar surface area (TPSA) is 112 Å². The molecule has 0 saturated heterocycles. The van der Waals surface area contributed by atoms with E-state index in [0.29, 0.717) is 22.4 Å². The molecule has 2 heterocycles. The van der Waals surface area contributed by atoms with Crippen LogP contribution in [0, 0.1) is 11.6 Å². The highest BCUT2D eigenvalue weighted by atomic mass is 19.1. The second kappa shape index (κ2) is 8.23. The second-order valence-corrected chi connectivity index (χ2v) is 6.84. The van der Waals surface area contributed by atoms with E-state index in [2.05, 4.69) is 15.4 Å². The van der Waals surface area contributed by atoms with Crippen molar-refractivity contribution in [3.8, 4) is 16.8 Å². The maximum absolute atomic E-state index is 14.2. The smallest absolute Gasteiger partial charge is 0.253 e. The first-order valence-corrected chi connectivity index (χ1v) is 9.29. The van der Waals surface area contributed by atoms with Crippen molar-refractivity contribution in [2.45, 2.75) is 6.54 Å². The first-order chi connectivity index (χ1) is 14.9. The molecule has 0 fully saturated rings. The number of nitrogens with two attached hydrogens (primary N) is 2. The van der Waals surface area contributed by atoms with E-state index in [-0.39, 0.29) is 29.4 Å². The number of pyridine rings is 1. The normalized spacial score (nSPS) is 10.8. The van der Waals surface area contributed by atoms with E-state index in [4.69, 9.17) is 11.5 Å². The van der Waals surface area contributed by atoms with Crippen LogP contribution in [-0.2, 0) is 6.54 Å². The van der Waals surface area contributed by atoms with Crippen molar-refractivity contribution < 1.29 is 13.6 Å². The van der Waals surface area contributed by atoms with Crippen molar-refractivity contribution >= 4 is 17.4 Å². The number of carbonyl (C=O) groups is 1. The summed E-state index contributed by atoms with van der Waals surface area (Å²) < 4.78 is 28.9. The summed E-state index contributed by atoms with van der Waals surface area (Å²) in [7, 11) is 0. The SMILES string of the molecule is Nc1nccc(C(=O)NCc2cc(F)cc(-c3cnn(-c4ccc(F)cc4)c3)c2)c1N. The first-order valence-electron chi connectivity index (χ1n) is 9.29. The van der Waals surface area contributed by atoms with E-state index >= 15 is 0 Å². The molecule has 0 atom stereocenters. The Hall–Kier alpha value is -4.27. The molecule has 0 radical (unpaired) electrons. The number of rotatable bonds is 5. The fraction of sp³-hybridized carbons (Fsp3) is 0.0455. The third-order valence-electron chi connectivity index (χ3n) is 4.68. The number of hydrogen-bond donors (Lipinski definition) is 3. The number of nitrogen functional groups attached to an aromatic ring is 2. The predicted molar refractivity (Wildman–Crippen MR) is 113 cm³/mol. The average Bonchev–Trinajstić information content (AvgIpc) is 3.24. The summed E-state index contributed by atoms with van der Waals surface area (Å²) in [6, 6.07) is 11.8. The van der Waals surface area contributed by atoms with Gasteiger partial charge in [-0.05, 0) is 59.7 Å². The van der Waals surface area contributed by atoms with Gasteiger partial charge >= 0.3 is 0 Å². The minimum atomic E-state index is -0.455. The summed E-state index contributed by atoms with van der Waals surface area (Å²) in [5.41, 5.74) is 14.2. The maximum atomic E-state index is 14.2. The summed E-state index contributed by atoms with van der Waals surface area (Å²) in [5, 5.41) is 6.95. The Morgan fingerprint density at radius 2 is 1.77 bits per heavy atom. The lowest BCUT2D eigenvalue weighted by molar-refractivity contribution is 0.0951. The highest BCUT2D eigenvalue weighted by molar-refractivity contribution is 6.00. The van der Waals surface area contributed by atoms with Gasteiger partial charge in [-0.3, -0.25) is 4.79 Å². The van der Waals surface area contributed by atoms with E-state index in [1.807, 2.05) is 0 Å². The van der Waals surface area contributed by atoms with Crippen LogP contribution in [0.3, 0.4) is 0 Å². The van der Waals surface area contributed by atoms with Crippen LogP contribution in [0.1, 0.15) is 15.9 Å². The van der Waals surface area contributed by atoms with Gasteiger partial charge in [-0.1, -0.05) is 0 Å². The average molecular weight is 420 g/mol. The van der Waals surface area contributed by atoms with E-state index < -0.39 is 11.7 Å². The molecule has 4 rings (SSSR count). The van der Waals surface area contributed by atoms with Crippen LogP contribution in [0.15, 0.2) is 67.1 Å².